The van der Waals surface area contributed by atoms with E-state index in [1.165, 1.54) is 7.11 Å². The summed E-state index contributed by atoms with van der Waals surface area (Å²) in [5.74, 6) is 6.41. The molecule has 1 aromatic carbocycles. The molecule has 0 aliphatic rings. The maximum Gasteiger partial charge on any atom is 0.168 e. The number of nitrogens with two attached hydrogens (primary N) is 1. The second-order valence-corrected chi connectivity index (χ2v) is 5.01. The lowest BCUT2D eigenvalue weighted by Gasteiger charge is -2.26. The van der Waals surface area contributed by atoms with E-state index in [2.05, 4.69) is 26.2 Å². The molecule has 0 aromatic heterocycles. The van der Waals surface area contributed by atoms with Gasteiger partial charge in [0.2, 0.25) is 0 Å². The molecule has 0 saturated carbocycles. The molecule has 4 heteroatoms. The maximum absolute atomic E-state index is 14.0. The molecule has 0 bridgehead atoms. The monoisotopic (exact) mass is 254 g/mol. The van der Waals surface area contributed by atoms with E-state index in [1.54, 1.807) is 18.2 Å². The van der Waals surface area contributed by atoms with Crippen molar-refractivity contribution in [3.05, 3.63) is 29.6 Å². The largest absolute Gasteiger partial charge is 0.494 e. The molecule has 1 rings (SSSR count). The van der Waals surface area contributed by atoms with Gasteiger partial charge in [0.05, 0.1) is 7.11 Å². The predicted octanol–water partition coefficient (Wildman–Crippen LogP) is 2.50. The third-order valence-electron chi connectivity index (χ3n) is 3.60. The van der Waals surface area contributed by atoms with E-state index in [-0.39, 0.29) is 17.6 Å². The summed E-state index contributed by atoms with van der Waals surface area (Å²) in [5.41, 5.74) is 3.42. The van der Waals surface area contributed by atoms with Gasteiger partial charge in [-0.2, -0.15) is 0 Å². The Hall–Kier alpha value is -1.13. The van der Waals surface area contributed by atoms with Gasteiger partial charge in [-0.25, -0.2) is 4.39 Å². The van der Waals surface area contributed by atoms with Crippen molar-refractivity contribution < 1.29 is 9.13 Å². The van der Waals surface area contributed by atoms with Crippen LogP contribution in [0.3, 0.4) is 0 Å². The van der Waals surface area contributed by atoms with E-state index in [0.717, 1.165) is 0 Å². The lowest BCUT2D eigenvalue weighted by Crippen LogP contribution is -2.43. The van der Waals surface area contributed by atoms with Crippen molar-refractivity contribution in [3.63, 3.8) is 0 Å². The summed E-state index contributed by atoms with van der Waals surface area (Å²) in [6, 6.07) is 5.24. The van der Waals surface area contributed by atoms with Crippen molar-refractivity contribution in [2.24, 2.45) is 17.7 Å². The van der Waals surface area contributed by atoms with Gasteiger partial charge in [0.15, 0.2) is 11.6 Å². The number of hydrogen-bond donors (Lipinski definition) is 2. The van der Waals surface area contributed by atoms with Gasteiger partial charge in [-0.1, -0.05) is 32.9 Å². The van der Waals surface area contributed by atoms with E-state index >= 15 is 0 Å². The molecule has 3 N–H and O–H groups in total. The average Bonchev–Trinajstić information content (AvgIpc) is 2.36. The first kappa shape index (κ1) is 14.9. The van der Waals surface area contributed by atoms with Crippen LogP contribution in [0.25, 0.3) is 0 Å². The quantitative estimate of drug-likeness (QED) is 0.605. The Balaban J connectivity index is 2.88. The molecule has 0 aliphatic heterocycles. The van der Waals surface area contributed by atoms with Gasteiger partial charge in [-0.3, -0.25) is 11.3 Å². The van der Waals surface area contributed by atoms with Crippen LogP contribution in [0, 0.1) is 17.7 Å². The zero-order valence-electron chi connectivity index (χ0n) is 11.5. The number of hydrazine groups is 1. The zero-order valence-corrected chi connectivity index (χ0v) is 11.5. The summed E-state index contributed by atoms with van der Waals surface area (Å²) in [6.45, 7) is 6.39. The van der Waals surface area contributed by atoms with Crippen LogP contribution in [0.5, 0.6) is 5.75 Å². The van der Waals surface area contributed by atoms with Crippen molar-refractivity contribution >= 4 is 0 Å². The fourth-order valence-electron chi connectivity index (χ4n) is 1.97. The second kappa shape index (κ2) is 6.71. The molecule has 18 heavy (non-hydrogen) atoms. The van der Waals surface area contributed by atoms with Crippen molar-refractivity contribution in [1.82, 2.24) is 5.43 Å². The lowest BCUT2D eigenvalue weighted by molar-refractivity contribution is 0.296. The van der Waals surface area contributed by atoms with Gasteiger partial charge < -0.3 is 4.74 Å². The van der Waals surface area contributed by atoms with Crippen molar-refractivity contribution in [1.29, 1.82) is 0 Å². The molecule has 2 unspecified atom stereocenters. The van der Waals surface area contributed by atoms with Gasteiger partial charge in [0.25, 0.3) is 0 Å². The van der Waals surface area contributed by atoms with Crippen molar-refractivity contribution in [2.45, 2.75) is 33.2 Å². The highest BCUT2D eigenvalue weighted by molar-refractivity contribution is 5.31. The minimum absolute atomic E-state index is 0.0478. The molecule has 0 aliphatic carbocycles. The Kier molecular flexibility index (Phi) is 5.56. The Labute approximate surface area is 108 Å². The number of halogens is 1. The van der Waals surface area contributed by atoms with Crippen LogP contribution in [-0.2, 0) is 6.42 Å². The highest BCUT2D eigenvalue weighted by atomic mass is 19.1. The molecule has 102 valence electrons. The predicted molar refractivity (Wildman–Crippen MR) is 71.8 cm³/mol. The first-order valence-electron chi connectivity index (χ1n) is 6.28. The third kappa shape index (κ3) is 3.43. The van der Waals surface area contributed by atoms with Crippen LogP contribution < -0.4 is 16.0 Å². The molecule has 1 aromatic rings. The summed E-state index contributed by atoms with van der Waals surface area (Å²) >= 11 is 0. The van der Waals surface area contributed by atoms with E-state index in [1.807, 2.05) is 0 Å². The number of benzene rings is 1. The van der Waals surface area contributed by atoms with Crippen LogP contribution in [0.1, 0.15) is 26.3 Å². The highest BCUT2D eigenvalue weighted by Crippen LogP contribution is 2.24. The van der Waals surface area contributed by atoms with Crippen molar-refractivity contribution in [2.75, 3.05) is 7.11 Å². The number of rotatable bonds is 6. The molecule has 0 fully saturated rings. The zero-order chi connectivity index (χ0) is 13.7. The van der Waals surface area contributed by atoms with Crippen LogP contribution >= 0.6 is 0 Å². The van der Waals surface area contributed by atoms with Crippen LogP contribution in [-0.4, -0.2) is 13.2 Å². The molecule has 3 nitrogen and oxygen atoms in total. The van der Waals surface area contributed by atoms with Gasteiger partial charge in [-0.15, -0.1) is 0 Å². The number of hydrogen-bond acceptors (Lipinski definition) is 3. The summed E-state index contributed by atoms with van der Waals surface area (Å²) in [7, 11) is 1.47. The van der Waals surface area contributed by atoms with E-state index in [4.69, 9.17) is 10.6 Å². The van der Waals surface area contributed by atoms with E-state index in [9.17, 15) is 4.39 Å². The van der Waals surface area contributed by atoms with E-state index < -0.39 is 0 Å². The molecule has 0 radical (unpaired) electrons. The summed E-state index contributed by atoms with van der Waals surface area (Å²) in [5, 5.41) is 0. The molecule has 0 saturated heterocycles. The van der Waals surface area contributed by atoms with Crippen LogP contribution in [0.15, 0.2) is 18.2 Å². The SMILES string of the molecule is COc1cccc(CC(NN)C(C)C(C)C)c1F. The van der Waals surface area contributed by atoms with Crippen LogP contribution in [0.4, 0.5) is 4.39 Å². The Morgan fingerprint density at radius 3 is 2.50 bits per heavy atom. The third-order valence-corrected chi connectivity index (χ3v) is 3.60. The molecule has 0 spiro atoms. The first-order chi connectivity index (χ1) is 8.51. The Bertz CT molecular complexity index is 382. The Morgan fingerprint density at radius 1 is 1.33 bits per heavy atom. The Morgan fingerprint density at radius 2 is 2.00 bits per heavy atom. The van der Waals surface area contributed by atoms with Gasteiger partial charge in [-0.05, 0) is 29.9 Å². The molecular formula is C14H23FN2O. The summed E-state index contributed by atoms with van der Waals surface area (Å²) < 4.78 is 19.0. The highest BCUT2D eigenvalue weighted by Gasteiger charge is 2.21. The fraction of sp³-hybridized carbons (Fsp3) is 0.571. The standard InChI is InChI=1S/C14H23FN2O/c1-9(2)10(3)12(17-16)8-11-6-5-7-13(18-4)14(11)15/h5-7,9-10,12,17H,8,16H2,1-4H3. The van der Waals surface area contributed by atoms with Gasteiger partial charge in [0.1, 0.15) is 0 Å². The first-order valence-corrected chi connectivity index (χ1v) is 6.28. The smallest absolute Gasteiger partial charge is 0.168 e. The maximum atomic E-state index is 14.0. The van der Waals surface area contributed by atoms with Crippen molar-refractivity contribution in [3.8, 4) is 5.75 Å². The molecular weight excluding hydrogens is 231 g/mol. The lowest BCUT2D eigenvalue weighted by atomic mass is 9.87. The van der Waals surface area contributed by atoms with Gasteiger partial charge >= 0.3 is 0 Å². The number of methoxy groups -OCH3 is 1. The normalized spacial score (nSPS) is 14.6. The minimum Gasteiger partial charge on any atom is -0.494 e. The second-order valence-electron chi connectivity index (χ2n) is 5.01. The number of ether oxygens (including phenoxy) is 1. The number of nitrogens with one attached hydrogen (secondary N) is 1. The average molecular weight is 254 g/mol. The molecule has 0 heterocycles. The molecule has 2 atom stereocenters. The van der Waals surface area contributed by atoms with E-state index in [0.29, 0.717) is 23.8 Å². The fourth-order valence-corrected chi connectivity index (χ4v) is 1.97. The van der Waals surface area contributed by atoms with Crippen LogP contribution in [0.2, 0.25) is 0 Å². The minimum atomic E-state index is -0.295. The molecule has 0 amide bonds. The topological polar surface area (TPSA) is 47.3 Å². The summed E-state index contributed by atoms with van der Waals surface area (Å²) in [4.78, 5) is 0. The summed E-state index contributed by atoms with van der Waals surface area (Å²) in [6.07, 6.45) is 0.554. The van der Waals surface area contributed by atoms with Gasteiger partial charge in [0, 0.05) is 6.04 Å².